The van der Waals surface area contributed by atoms with Crippen molar-refractivity contribution in [2.75, 3.05) is 6.61 Å². The van der Waals surface area contributed by atoms with Crippen LogP contribution in [-0.4, -0.2) is 30.9 Å². The number of aromatic nitrogens is 2. The fourth-order valence-electron chi connectivity index (χ4n) is 3.65. The lowest BCUT2D eigenvalue weighted by molar-refractivity contribution is 0.0973. The third-order valence-corrected chi connectivity index (χ3v) is 6.85. The molecule has 0 aliphatic rings. The molecule has 2 heterocycles. The molecule has 0 radical (unpaired) electrons. The molecule has 0 saturated carbocycles. The molecule has 1 N–H and O–H groups in total. The van der Waals surface area contributed by atoms with E-state index in [1.54, 1.807) is 19.1 Å². The molecule has 40 heavy (non-hydrogen) atoms. The van der Waals surface area contributed by atoms with Crippen LogP contribution in [0, 0.1) is 17.6 Å². The number of pyridine rings is 2. The van der Waals surface area contributed by atoms with Crippen LogP contribution in [0.5, 0.6) is 11.6 Å². The maximum atomic E-state index is 14.5. The lowest BCUT2D eigenvalue weighted by Gasteiger charge is -2.18. The minimum absolute atomic E-state index is 0.209. The Morgan fingerprint density at radius 1 is 0.950 bits per heavy atom. The molecule has 1 unspecified atom stereocenters. The zero-order valence-corrected chi connectivity index (χ0v) is 22.8. The second-order valence-corrected chi connectivity index (χ2v) is 11.0. The van der Waals surface area contributed by atoms with Gasteiger partial charge in [-0.1, -0.05) is 32.0 Å². The predicted molar refractivity (Wildman–Crippen MR) is 144 cm³/mol. The van der Waals surface area contributed by atoms with Gasteiger partial charge in [0.15, 0.2) is 5.03 Å². The smallest absolute Gasteiger partial charge is 0.281 e. The normalized spacial score (nSPS) is 12.2. The van der Waals surface area contributed by atoms with E-state index in [1.165, 1.54) is 66.9 Å². The van der Waals surface area contributed by atoms with Crippen LogP contribution in [0.25, 0.3) is 11.3 Å². The molecule has 1 atom stereocenters. The van der Waals surface area contributed by atoms with Gasteiger partial charge < -0.3 is 9.47 Å². The van der Waals surface area contributed by atoms with E-state index in [0.29, 0.717) is 23.5 Å². The quantitative estimate of drug-likeness (QED) is 0.261. The van der Waals surface area contributed by atoms with Crippen molar-refractivity contribution in [1.29, 1.82) is 0 Å². The van der Waals surface area contributed by atoms with Crippen LogP contribution in [0.1, 0.15) is 42.8 Å². The molecule has 0 aliphatic heterocycles. The number of nitrogens with one attached hydrogen (secondary N) is 1. The summed E-state index contributed by atoms with van der Waals surface area (Å²) in [6, 6.07) is 16.8. The average molecular weight is 568 g/mol. The number of carbonyl (C=O) groups is 1. The first kappa shape index (κ1) is 28.6. The lowest BCUT2D eigenvalue weighted by Crippen LogP contribution is -2.31. The second kappa shape index (κ2) is 12.2. The van der Waals surface area contributed by atoms with Gasteiger partial charge in [-0.05, 0) is 66.9 Å². The first-order valence-electron chi connectivity index (χ1n) is 12.4. The van der Waals surface area contributed by atoms with Gasteiger partial charge >= 0.3 is 0 Å². The van der Waals surface area contributed by atoms with Gasteiger partial charge in [0.25, 0.3) is 15.9 Å². The fraction of sp³-hybridized carbons (Fsp3) is 0.207. The van der Waals surface area contributed by atoms with Gasteiger partial charge in [-0.3, -0.25) is 4.79 Å². The van der Waals surface area contributed by atoms with Crippen LogP contribution in [0.4, 0.5) is 8.78 Å². The zero-order chi connectivity index (χ0) is 28.9. The van der Waals surface area contributed by atoms with Crippen LogP contribution >= 0.6 is 0 Å². The summed E-state index contributed by atoms with van der Waals surface area (Å²) in [5.74, 6) is -1.79. The molecule has 0 spiro atoms. The van der Waals surface area contributed by atoms with Gasteiger partial charge in [0.1, 0.15) is 29.1 Å². The second-order valence-electron chi connectivity index (χ2n) is 9.35. The van der Waals surface area contributed by atoms with Gasteiger partial charge in [0.05, 0.1) is 12.3 Å². The number of hydrogen-bond acceptors (Lipinski definition) is 7. The first-order chi connectivity index (χ1) is 19.0. The summed E-state index contributed by atoms with van der Waals surface area (Å²) in [4.78, 5) is 21.4. The third kappa shape index (κ3) is 7.17. The van der Waals surface area contributed by atoms with Gasteiger partial charge in [-0.15, -0.1) is 0 Å². The highest BCUT2D eigenvalue weighted by molar-refractivity contribution is 7.90. The zero-order valence-electron chi connectivity index (χ0n) is 22.0. The van der Waals surface area contributed by atoms with E-state index in [1.807, 2.05) is 18.6 Å². The number of nitrogens with zero attached hydrogens (tertiary/aromatic N) is 2. The molecular weight excluding hydrogens is 540 g/mol. The standard InChI is InChI=1S/C29H27F2N3O5S/c1-18(2)17-38-24-15-21(14-23(31)16-24)26-11-10-25(28(35)34-40(36,37)27-9-4-5-12-32-27)29(33-26)39-19(3)20-7-6-8-22(30)13-20/h4-16,18-19H,17H2,1-3H3,(H,34,35). The Morgan fingerprint density at radius 3 is 2.45 bits per heavy atom. The van der Waals surface area contributed by atoms with Crippen molar-refractivity contribution in [3.8, 4) is 22.9 Å². The van der Waals surface area contributed by atoms with Gasteiger partial charge in [-0.2, -0.15) is 8.42 Å². The first-order valence-corrected chi connectivity index (χ1v) is 13.9. The number of halogens is 2. The van der Waals surface area contributed by atoms with E-state index in [-0.39, 0.29) is 28.1 Å². The average Bonchev–Trinajstić information content (AvgIpc) is 2.91. The topological polar surface area (TPSA) is 107 Å². The number of carbonyl (C=O) groups excluding carboxylic acids is 1. The summed E-state index contributed by atoms with van der Waals surface area (Å²) in [7, 11) is -4.31. The summed E-state index contributed by atoms with van der Waals surface area (Å²) in [6.45, 7) is 5.92. The molecule has 4 rings (SSSR count). The summed E-state index contributed by atoms with van der Waals surface area (Å²) < 4.78 is 67.3. The molecule has 4 aromatic rings. The van der Waals surface area contributed by atoms with E-state index in [0.717, 1.165) is 0 Å². The highest BCUT2D eigenvalue weighted by Gasteiger charge is 2.25. The maximum Gasteiger partial charge on any atom is 0.281 e. The molecule has 208 valence electrons. The molecular formula is C29H27F2N3O5S. The van der Waals surface area contributed by atoms with Crippen molar-refractivity contribution in [3.63, 3.8) is 0 Å². The summed E-state index contributed by atoms with van der Waals surface area (Å²) >= 11 is 0. The van der Waals surface area contributed by atoms with E-state index in [4.69, 9.17) is 9.47 Å². The molecule has 0 fully saturated rings. The summed E-state index contributed by atoms with van der Waals surface area (Å²) in [6.07, 6.45) is 0.498. The Hall–Kier alpha value is -4.38. The van der Waals surface area contributed by atoms with Crippen molar-refractivity contribution in [3.05, 3.63) is 102 Å². The minimum Gasteiger partial charge on any atom is -0.493 e. The van der Waals surface area contributed by atoms with Gasteiger partial charge in [0, 0.05) is 17.8 Å². The van der Waals surface area contributed by atoms with Crippen molar-refractivity contribution < 1.29 is 31.5 Å². The molecule has 0 bridgehead atoms. The molecule has 1 amide bonds. The Balaban J connectivity index is 1.72. The lowest BCUT2D eigenvalue weighted by atomic mass is 10.1. The largest absolute Gasteiger partial charge is 0.493 e. The molecule has 8 nitrogen and oxygen atoms in total. The van der Waals surface area contributed by atoms with Gasteiger partial charge in [0.2, 0.25) is 5.88 Å². The molecule has 2 aromatic heterocycles. The highest BCUT2D eigenvalue weighted by Crippen LogP contribution is 2.30. The number of benzene rings is 2. The van der Waals surface area contributed by atoms with Crippen LogP contribution in [-0.2, 0) is 10.0 Å². The number of hydrogen-bond donors (Lipinski definition) is 1. The Morgan fingerprint density at radius 2 is 1.75 bits per heavy atom. The van der Waals surface area contributed by atoms with Crippen LogP contribution in [0.2, 0.25) is 0 Å². The van der Waals surface area contributed by atoms with Crippen LogP contribution in [0.15, 0.2) is 84.0 Å². The van der Waals surface area contributed by atoms with Gasteiger partial charge in [-0.25, -0.2) is 23.5 Å². The van der Waals surface area contributed by atoms with E-state index in [2.05, 4.69) is 9.97 Å². The van der Waals surface area contributed by atoms with E-state index < -0.39 is 33.7 Å². The number of ether oxygens (including phenoxy) is 2. The van der Waals surface area contributed by atoms with Crippen molar-refractivity contribution >= 4 is 15.9 Å². The third-order valence-electron chi connectivity index (χ3n) is 5.60. The highest BCUT2D eigenvalue weighted by atomic mass is 32.2. The monoisotopic (exact) mass is 567 g/mol. The van der Waals surface area contributed by atoms with Crippen LogP contribution < -0.4 is 14.2 Å². The molecule has 0 saturated heterocycles. The van der Waals surface area contributed by atoms with Crippen molar-refractivity contribution in [2.45, 2.75) is 31.9 Å². The molecule has 11 heteroatoms. The van der Waals surface area contributed by atoms with E-state index in [9.17, 15) is 22.0 Å². The Kier molecular flexibility index (Phi) is 8.73. The van der Waals surface area contributed by atoms with Crippen LogP contribution in [0.3, 0.4) is 0 Å². The maximum absolute atomic E-state index is 14.5. The fourth-order valence-corrected chi connectivity index (χ4v) is 4.57. The number of amides is 1. The van der Waals surface area contributed by atoms with E-state index >= 15 is 0 Å². The SMILES string of the molecule is CC(C)COc1cc(F)cc(-c2ccc(C(=O)NS(=O)(=O)c3ccccn3)c(OC(C)c3cccc(F)c3)n2)c1. The predicted octanol–water partition coefficient (Wildman–Crippen LogP) is 5.72. The number of rotatable bonds is 10. The van der Waals surface area contributed by atoms with Crippen molar-refractivity contribution in [2.24, 2.45) is 5.92 Å². The summed E-state index contributed by atoms with van der Waals surface area (Å²) in [5.41, 5.74) is 0.823. The minimum atomic E-state index is -4.31. The summed E-state index contributed by atoms with van der Waals surface area (Å²) in [5, 5.41) is -0.350. The number of sulfonamides is 1. The Labute approximate surface area is 231 Å². The van der Waals surface area contributed by atoms with Crippen molar-refractivity contribution in [1.82, 2.24) is 14.7 Å². The Bertz CT molecular complexity index is 1620. The molecule has 2 aromatic carbocycles. The molecule has 0 aliphatic carbocycles.